The van der Waals surface area contributed by atoms with E-state index in [0.29, 0.717) is 6.42 Å². The van der Waals surface area contributed by atoms with Crippen molar-refractivity contribution in [3.05, 3.63) is 0 Å². The molecule has 0 saturated heterocycles. The predicted octanol–water partition coefficient (Wildman–Crippen LogP) is 1.56. The van der Waals surface area contributed by atoms with Gasteiger partial charge in [0.2, 0.25) is 0 Å². The first-order valence-electron chi connectivity index (χ1n) is 3.34. The van der Waals surface area contributed by atoms with Gasteiger partial charge < -0.3 is 5.11 Å². The molecule has 0 aliphatic heterocycles. The lowest BCUT2D eigenvalue weighted by Crippen LogP contribution is -2.25. The van der Waals surface area contributed by atoms with Gasteiger partial charge in [0.1, 0.15) is 0 Å². The highest BCUT2D eigenvalue weighted by Gasteiger charge is 2.19. The largest absolute Gasteiger partial charge is 0.389 e. The maximum atomic E-state index is 9.49. The molecule has 0 aromatic rings. The second-order valence-electron chi connectivity index (χ2n) is 2.31. The van der Waals surface area contributed by atoms with Crippen LogP contribution >= 0.6 is 0 Å². The molecular formula is C8H14O. The molecule has 1 N–H and O–H groups in total. The molecule has 1 nitrogen and oxygen atoms in total. The number of terminal acetylenes is 1. The highest BCUT2D eigenvalue weighted by molar-refractivity contribution is 4.93. The third-order valence-corrected chi connectivity index (χ3v) is 1.75. The lowest BCUT2D eigenvalue weighted by molar-refractivity contribution is 0.0375. The van der Waals surface area contributed by atoms with Gasteiger partial charge in [-0.2, -0.15) is 0 Å². The fraction of sp³-hybridized carbons (Fsp3) is 0.750. The standard InChI is InChI=1S/C8H14O/c1-4-7-8(9,5-2)6-3/h1,9H,5-7H2,2-3H3. The van der Waals surface area contributed by atoms with E-state index in [2.05, 4.69) is 5.92 Å². The first-order chi connectivity index (χ1) is 4.18. The maximum absolute atomic E-state index is 9.49. The van der Waals surface area contributed by atoms with E-state index < -0.39 is 5.60 Å². The molecule has 9 heavy (non-hydrogen) atoms. The van der Waals surface area contributed by atoms with Gasteiger partial charge in [-0.3, -0.25) is 0 Å². The van der Waals surface area contributed by atoms with Crippen LogP contribution in [-0.2, 0) is 0 Å². The topological polar surface area (TPSA) is 20.2 Å². The van der Waals surface area contributed by atoms with Crippen LogP contribution in [0.25, 0.3) is 0 Å². The van der Waals surface area contributed by atoms with Gasteiger partial charge in [-0.05, 0) is 12.8 Å². The van der Waals surface area contributed by atoms with Crippen LogP contribution in [0, 0.1) is 12.3 Å². The summed E-state index contributed by atoms with van der Waals surface area (Å²) in [6.07, 6.45) is 7.02. The fourth-order valence-corrected chi connectivity index (χ4v) is 0.690. The Labute approximate surface area is 57.1 Å². The number of hydrogen-bond acceptors (Lipinski definition) is 1. The van der Waals surface area contributed by atoms with Crippen molar-refractivity contribution in [2.24, 2.45) is 0 Å². The molecule has 0 spiro atoms. The Hall–Kier alpha value is -0.480. The van der Waals surface area contributed by atoms with Gasteiger partial charge in [-0.15, -0.1) is 12.3 Å². The molecule has 0 amide bonds. The zero-order valence-corrected chi connectivity index (χ0v) is 6.15. The second kappa shape index (κ2) is 3.53. The van der Waals surface area contributed by atoms with E-state index in [9.17, 15) is 5.11 Å². The van der Waals surface area contributed by atoms with Gasteiger partial charge in [0.25, 0.3) is 0 Å². The highest BCUT2D eigenvalue weighted by Crippen LogP contribution is 2.17. The predicted molar refractivity (Wildman–Crippen MR) is 39.0 cm³/mol. The molecule has 0 aliphatic rings. The summed E-state index contributed by atoms with van der Waals surface area (Å²) in [7, 11) is 0. The lowest BCUT2D eigenvalue weighted by Gasteiger charge is -2.21. The Balaban J connectivity index is 3.80. The van der Waals surface area contributed by atoms with E-state index in [1.165, 1.54) is 0 Å². The first kappa shape index (κ1) is 8.52. The zero-order chi connectivity index (χ0) is 7.33. The molecule has 0 saturated carbocycles. The molecule has 0 unspecified atom stereocenters. The first-order valence-corrected chi connectivity index (χ1v) is 3.34. The van der Waals surface area contributed by atoms with Gasteiger partial charge in [-0.1, -0.05) is 13.8 Å². The average Bonchev–Trinajstić information content (AvgIpc) is 1.89. The molecule has 0 aliphatic carbocycles. The van der Waals surface area contributed by atoms with Crippen molar-refractivity contribution in [3.63, 3.8) is 0 Å². The summed E-state index contributed by atoms with van der Waals surface area (Å²) in [5.74, 6) is 2.46. The van der Waals surface area contributed by atoms with E-state index in [0.717, 1.165) is 12.8 Å². The van der Waals surface area contributed by atoms with Crippen LogP contribution < -0.4 is 0 Å². The molecule has 0 atom stereocenters. The van der Waals surface area contributed by atoms with Crippen molar-refractivity contribution in [3.8, 4) is 12.3 Å². The SMILES string of the molecule is C#CCC(O)(CC)CC. The third kappa shape index (κ3) is 2.53. The smallest absolute Gasteiger partial charge is 0.0751 e. The highest BCUT2D eigenvalue weighted by atomic mass is 16.3. The van der Waals surface area contributed by atoms with Crippen LogP contribution in [0.4, 0.5) is 0 Å². The van der Waals surface area contributed by atoms with E-state index >= 15 is 0 Å². The monoisotopic (exact) mass is 126 g/mol. The van der Waals surface area contributed by atoms with Crippen LogP contribution in [0.1, 0.15) is 33.1 Å². The Kier molecular flexibility index (Phi) is 3.34. The summed E-state index contributed by atoms with van der Waals surface area (Å²) < 4.78 is 0. The summed E-state index contributed by atoms with van der Waals surface area (Å²) in [6, 6.07) is 0. The summed E-state index contributed by atoms with van der Waals surface area (Å²) >= 11 is 0. The molecule has 0 bridgehead atoms. The minimum atomic E-state index is -0.602. The van der Waals surface area contributed by atoms with E-state index in [4.69, 9.17) is 6.42 Å². The lowest BCUT2D eigenvalue weighted by atomic mass is 9.94. The van der Waals surface area contributed by atoms with Gasteiger partial charge >= 0.3 is 0 Å². The Morgan fingerprint density at radius 1 is 1.44 bits per heavy atom. The van der Waals surface area contributed by atoms with Crippen molar-refractivity contribution >= 4 is 0 Å². The number of hydrogen-bond donors (Lipinski definition) is 1. The van der Waals surface area contributed by atoms with Crippen molar-refractivity contribution in [2.45, 2.75) is 38.7 Å². The van der Waals surface area contributed by atoms with E-state index in [1.54, 1.807) is 0 Å². The fourth-order valence-electron chi connectivity index (χ4n) is 0.690. The number of aliphatic hydroxyl groups is 1. The van der Waals surface area contributed by atoms with Gasteiger partial charge in [-0.25, -0.2) is 0 Å². The molecule has 0 radical (unpaired) electrons. The summed E-state index contributed by atoms with van der Waals surface area (Å²) in [6.45, 7) is 3.89. The Morgan fingerprint density at radius 3 is 2.00 bits per heavy atom. The molecule has 1 heteroatoms. The Bertz CT molecular complexity index is 106. The molecule has 0 aromatic carbocycles. The molecular weight excluding hydrogens is 112 g/mol. The van der Waals surface area contributed by atoms with Crippen LogP contribution in [0.3, 0.4) is 0 Å². The summed E-state index contributed by atoms with van der Waals surface area (Å²) in [5, 5.41) is 9.49. The molecule has 0 aromatic heterocycles. The van der Waals surface area contributed by atoms with Crippen molar-refractivity contribution in [2.75, 3.05) is 0 Å². The van der Waals surface area contributed by atoms with E-state index in [-0.39, 0.29) is 0 Å². The van der Waals surface area contributed by atoms with Crippen LogP contribution in [0.15, 0.2) is 0 Å². The minimum absolute atomic E-state index is 0.472. The van der Waals surface area contributed by atoms with Gasteiger partial charge in [0.15, 0.2) is 0 Å². The molecule has 0 heterocycles. The quantitative estimate of drug-likeness (QED) is 0.569. The van der Waals surface area contributed by atoms with E-state index in [1.807, 2.05) is 13.8 Å². The summed E-state index contributed by atoms with van der Waals surface area (Å²) in [5.41, 5.74) is -0.602. The van der Waals surface area contributed by atoms with Crippen molar-refractivity contribution in [1.29, 1.82) is 0 Å². The Morgan fingerprint density at radius 2 is 1.89 bits per heavy atom. The molecule has 0 rings (SSSR count). The average molecular weight is 126 g/mol. The van der Waals surface area contributed by atoms with Crippen LogP contribution in [0.2, 0.25) is 0 Å². The van der Waals surface area contributed by atoms with Crippen molar-refractivity contribution < 1.29 is 5.11 Å². The van der Waals surface area contributed by atoms with Crippen LogP contribution in [-0.4, -0.2) is 10.7 Å². The van der Waals surface area contributed by atoms with Gasteiger partial charge in [0, 0.05) is 6.42 Å². The molecule has 52 valence electrons. The zero-order valence-electron chi connectivity index (χ0n) is 6.15. The second-order valence-corrected chi connectivity index (χ2v) is 2.31. The number of rotatable bonds is 3. The van der Waals surface area contributed by atoms with Crippen LogP contribution in [0.5, 0.6) is 0 Å². The molecule has 0 fully saturated rings. The maximum Gasteiger partial charge on any atom is 0.0751 e. The van der Waals surface area contributed by atoms with Crippen molar-refractivity contribution in [1.82, 2.24) is 0 Å². The third-order valence-electron chi connectivity index (χ3n) is 1.75. The van der Waals surface area contributed by atoms with Gasteiger partial charge in [0.05, 0.1) is 5.60 Å². The minimum Gasteiger partial charge on any atom is -0.389 e. The summed E-state index contributed by atoms with van der Waals surface area (Å²) in [4.78, 5) is 0. The normalized spacial score (nSPS) is 10.9.